The van der Waals surface area contributed by atoms with Gasteiger partial charge in [-0.1, -0.05) is 24.3 Å². The molecule has 2 aromatic carbocycles. The van der Waals surface area contributed by atoms with Crippen molar-refractivity contribution in [2.75, 3.05) is 12.8 Å². The number of hydrogen-bond acceptors (Lipinski definition) is 4. The third kappa shape index (κ3) is 2.90. The molecule has 0 bridgehead atoms. The molecule has 2 N–H and O–H groups in total. The van der Waals surface area contributed by atoms with Crippen LogP contribution >= 0.6 is 0 Å². The summed E-state index contributed by atoms with van der Waals surface area (Å²) in [6.45, 7) is 0. The quantitative estimate of drug-likeness (QED) is 0.791. The molecule has 0 saturated heterocycles. The zero-order chi connectivity index (χ0) is 17.1. The normalized spacial score (nSPS) is 10.2. The summed E-state index contributed by atoms with van der Waals surface area (Å²) < 4.78 is 18.7. The van der Waals surface area contributed by atoms with Crippen LogP contribution in [0.3, 0.4) is 0 Å². The molecule has 118 valence electrons. The van der Waals surface area contributed by atoms with Gasteiger partial charge >= 0.3 is 0 Å². The Balaban J connectivity index is 2.22. The molecule has 0 aliphatic rings. The Labute approximate surface area is 139 Å². The number of halogens is 1. The molecule has 5 heteroatoms. The molecule has 0 aliphatic heterocycles. The average Bonchev–Trinajstić information content (AvgIpc) is 2.61. The van der Waals surface area contributed by atoms with Crippen LogP contribution in [0.4, 0.5) is 10.2 Å². The Morgan fingerprint density at radius 1 is 1.08 bits per heavy atom. The lowest BCUT2D eigenvalue weighted by Crippen LogP contribution is -2.00. The molecular formula is C19H14FN3O. The van der Waals surface area contributed by atoms with Gasteiger partial charge in [-0.2, -0.15) is 5.26 Å². The number of aromatic nitrogens is 1. The highest BCUT2D eigenvalue weighted by atomic mass is 19.1. The maximum atomic E-state index is 13.5. The first-order valence-electron chi connectivity index (χ1n) is 7.23. The molecule has 1 aromatic heterocycles. The Morgan fingerprint density at radius 2 is 1.83 bits per heavy atom. The van der Waals surface area contributed by atoms with Crippen LogP contribution in [0.2, 0.25) is 0 Å². The second-order valence-electron chi connectivity index (χ2n) is 5.17. The van der Waals surface area contributed by atoms with E-state index in [1.807, 2.05) is 24.3 Å². The SMILES string of the molecule is COc1cccc(-c2cc(-c3cccc(F)c3)nc(N)c2C#N)c1. The van der Waals surface area contributed by atoms with Gasteiger partial charge in [0.15, 0.2) is 0 Å². The molecular weight excluding hydrogens is 305 g/mol. The van der Waals surface area contributed by atoms with E-state index in [1.165, 1.54) is 12.1 Å². The first-order chi connectivity index (χ1) is 11.6. The second kappa shape index (κ2) is 6.39. The molecule has 4 nitrogen and oxygen atoms in total. The largest absolute Gasteiger partial charge is 0.497 e. The Hall–Kier alpha value is -3.39. The maximum absolute atomic E-state index is 13.5. The monoisotopic (exact) mass is 319 g/mol. The summed E-state index contributed by atoms with van der Waals surface area (Å²) in [5.74, 6) is 0.413. The van der Waals surface area contributed by atoms with E-state index in [9.17, 15) is 9.65 Å². The summed E-state index contributed by atoms with van der Waals surface area (Å²) in [6, 6.07) is 17.2. The summed E-state index contributed by atoms with van der Waals surface area (Å²) in [5, 5.41) is 9.43. The van der Waals surface area contributed by atoms with Crippen LogP contribution in [0.5, 0.6) is 5.75 Å². The molecule has 0 fully saturated rings. The van der Waals surface area contributed by atoms with Crippen LogP contribution in [-0.2, 0) is 0 Å². The molecule has 1 heterocycles. The molecule has 0 unspecified atom stereocenters. The van der Waals surface area contributed by atoms with Gasteiger partial charge in [0.2, 0.25) is 0 Å². The molecule has 3 rings (SSSR count). The highest BCUT2D eigenvalue weighted by Crippen LogP contribution is 2.32. The average molecular weight is 319 g/mol. The summed E-state index contributed by atoms with van der Waals surface area (Å²) in [6.07, 6.45) is 0. The van der Waals surface area contributed by atoms with Gasteiger partial charge in [-0.3, -0.25) is 0 Å². The van der Waals surface area contributed by atoms with Crippen LogP contribution < -0.4 is 10.5 Å². The van der Waals surface area contributed by atoms with Crippen LogP contribution in [0.15, 0.2) is 54.6 Å². The fraction of sp³-hybridized carbons (Fsp3) is 0.0526. The minimum Gasteiger partial charge on any atom is -0.497 e. The lowest BCUT2D eigenvalue weighted by atomic mass is 9.98. The van der Waals surface area contributed by atoms with Crippen LogP contribution in [0.25, 0.3) is 22.4 Å². The van der Waals surface area contributed by atoms with Crippen molar-refractivity contribution in [2.24, 2.45) is 0 Å². The van der Waals surface area contributed by atoms with Gasteiger partial charge in [-0.25, -0.2) is 9.37 Å². The first-order valence-corrected chi connectivity index (χ1v) is 7.23. The summed E-state index contributed by atoms with van der Waals surface area (Å²) in [5.41, 5.74) is 8.74. The van der Waals surface area contributed by atoms with Gasteiger partial charge in [0.1, 0.15) is 29.0 Å². The minimum atomic E-state index is -0.361. The second-order valence-corrected chi connectivity index (χ2v) is 5.17. The van der Waals surface area contributed by atoms with E-state index in [-0.39, 0.29) is 17.2 Å². The third-order valence-corrected chi connectivity index (χ3v) is 3.66. The zero-order valence-corrected chi connectivity index (χ0v) is 13.0. The fourth-order valence-electron chi connectivity index (χ4n) is 2.50. The Bertz CT molecular complexity index is 948. The molecule has 0 radical (unpaired) electrons. The van der Waals surface area contributed by atoms with Crippen molar-refractivity contribution in [1.29, 1.82) is 5.26 Å². The Morgan fingerprint density at radius 3 is 2.54 bits per heavy atom. The number of hydrogen-bond donors (Lipinski definition) is 1. The zero-order valence-electron chi connectivity index (χ0n) is 13.0. The van der Waals surface area contributed by atoms with Crippen molar-refractivity contribution >= 4 is 5.82 Å². The van der Waals surface area contributed by atoms with E-state index in [1.54, 1.807) is 25.3 Å². The lowest BCUT2D eigenvalue weighted by Gasteiger charge is -2.11. The van der Waals surface area contributed by atoms with Crippen molar-refractivity contribution in [3.8, 4) is 34.2 Å². The number of nitrogens with two attached hydrogens (primary N) is 1. The smallest absolute Gasteiger partial charge is 0.142 e. The van der Waals surface area contributed by atoms with Gasteiger partial charge in [-0.05, 0) is 35.9 Å². The molecule has 0 aliphatic carbocycles. The van der Waals surface area contributed by atoms with Crippen molar-refractivity contribution in [2.45, 2.75) is 0 Å². The van der Waals surface area contributed by atoms with Crippen LogP contribution in [-0.4, -0.2) is 12.1 Å². The number of anilines is 1. The molecule has 0 saturated carbocycles. The van der Waals surface area contributed by atoms with E-state index in [0.717, 1.165) is 5.56 Å². The molecule has 0 spiro atoms. The van der Waals surface area contributed by atoms with Crippen LogP contribution in [0, 0.1) is 17.1 Å². The van der Waals surface area contributed by atoms with Crippen molar-refractivity contribution in [3.05, 3.63) is 66.0 Å². The molecule has 24 heavy (non-hydrogen) atoms. The van der Waals surface area contributed by atoms with Crippen molar-refractivity contribution in [3.63, 3.8) is 0 Å². The number of nitrogens with zero attached hydrogens (tertiary/aromatic N) is 2. The number of ether oxygens (including phenoxy) is 1. The molecule has 0 atom stereocenters. The predicted molar refractivity (Wildman–Crippen MR) is 90.7 cm³/mol. The maximum Gasteiger partial charge on any atom is 0.142 e. The van der Waals surface area contributed by atoms with Gasteiger partial charge in [0, 0.05) is 11.1 Å². The molecule has 0 amide bonds. The topological polar surface area (TPSA) is 71.9 Å². The van der Waals surface area contributed by atoms with E-state index in [0.29, 0.717) is 22.6 Å². The van der Waals surface area contributed by atoms with Gasteiger partial charge < -0.3 is 10.5 Å². The number of methoxy groups -OCH3 is 1. The summed E-state index contributed by atoms with van der Waals surface area (Å²) >= 11 is 0. The fourth-order valence-corrected chi connectivity index (χ4v) is 2.50. The van der Waals surface area contributed by atoms with Gasteiger partial charge in [0.25, 0.3) is 0 Å². The third-order valence-electron chi connectivity index (χ3n) is 3.66. The minimum absolute atomic E-state index is 0.108. The van der Waals surface area contributed by atoms with E-state index in [4.69, 9.17) is 10.5 Å². The van der Waals surface area contributed by atoms with Crippen molar-refractivity contribution in [1.82, 2.24) is 4.98 Å². The molecule has 3 aromatic rings. The van der Waals surface area contributed by atoms with E-state index in [2.05, 4.69) is 11.1 Å². The van der Waals surface area contributed by atoms with E-state index >= 15 is 0 Å². The highest BCUT2D eigenvalue weighted by Gasteiger charge is 2.14. The standard InChI is InChI=1S/C19H14FN3O/c1-24-15-7-3-4-12(9-15)16-10-18(23-19(22)17(16)11-21)13-5-2-6-14(20)8-13/h2-10H,1H3,(H2,22,23). The number of nitrogen functional groups attached to an aromatic ring is 1. The Kier molecular flexibility index (Phi) is 4.13. The number of benzene rings is 2. The summed E-state index contributed by atoms with van der Waals surface area (Å²) in [7, 11) is 1.57. The number of rotatable bonds is 3. The summed E-state index contributed by atoms with van der Waals surface area (Å²) in [4.78, 5) is 4.24. The van der Waals surface area contributed by atoms with Crippen molar-refractivity contribution < 1.29 is 9.13 Å². The predicted octanol–water partition coefficient (Wildman–Crippen LogP) is 4.02. The first kappa shape index (κ1) is 15.5. The van der Waals surface area contributed by atoms with Gasteiger partial charge in [-0.15, -0.1) is 0 Å². The lowest BCUT2D eigenvalue weighted by molar-refractivity contribution is 0.415. The number of pyridine rings is 1. The number of nitriles is 1. The van der Waals surface area contributed by atoms with Crippen LogP contribution in [0.1, 0.15) is 5.56 Å². The highest BCUT2D eigenvalue weighted by molar-refractivity contribution is 5.80. The van der Waals surface area contributed by atoms with Gasteiger partial charge in [0.05, 0.1) is 12.8 Å². The van der Waals surface area contributed by atoms with E-state index < -0.39 is 0 Å².